The van der Waals surface area contributed by atoms with Crippen molar-refractivity contribution in [3.05, 3.63) is 0 Å². The largest absolute Gasteiger partial charge is 0.378 e. The van der Waals surface area contributed by atoms with Gasteiger partial charge < -0.3 is 25.0 Å². The fraction of sp³-hybridized carbons (Fsp3) is 0.960. The molecule has 1 aliphatic heterocycles. The van der Waals surface area contributed by atoms with E-state index in [0.717, 1.165) is 32.8 Å². The molecule has 0 aromatic carbocycles. The van der Waals surface area contributed by atoms with Crippen LogP contribution >= 0.6 is 0 Å². The first kappa shape index (κ1) is 40.6. The molecule has 0 aromatic heterocycles. The first-order chi connectivity index (χ1) is 15.2. The molecule has 0 aliphatic carbocycles. The molecular formula is C25H61N3O3. The molecule has 1 saturated heterocycles. The van der Waals surface area contributed by atoms with Gasteiger partial charge in [-0.25, -0.2) is 0 Å². The number of ether oxygens (including phenoxy) is 2. The van der Waals surface area contributed by atoms with E-state index in [1.807, 2.05) is 69.2 Å². The Morgan fingerprint density at radius 1 is 0.806 bits per heavy atom. The van der Waals surface area contributed by atoms with Gasteiger partial charge in [-0.3, -0.25) is 4.79 Å². The van der Waals surface area contributed by atoms with Crippen LogP contribution in [0.4, 0.5) is 0 Å². The Hall–Kier alpha value is -0.690. The van der Waals surface area contributed by atoms with Gasteiger partial charge in [0.2, 0.25) is 5.91 Å². The third kappa shape index (κ3) is 37.0. The summed E-state index contributed by atoms with van der Waals surface area (Å²) in [6.07, 6.45) is 2.47. The molecule has 0 aromatic rings. The molecule has 0 radical (unpaired) electrons. The zero-order chi connectivity index (χ0) is 25.3. The zero-order valence-corrected chi connectivity index (χ0v) is 23.5. The molecule has 6 heteroatoms. The van der Waals surface area contributed by atoms with Crippen molar-refractivity contribution in [3.63, 3.8) is 0 Å². The average Bonchev–Trinajstić information content (AvgIpc) is 2.85. The standard InChI is InChI=1S/C15H31N3O3.5C2H6/c1-3-16-15-4-7-18(8-5-15)9-11-21-13-12-20-10-6-17-14(2)19;5*1-2/h15-16H,3-13H2,1-2H3,(H,17,19);5*1-2H3. The smallest absolute Gasteiger partial charge is 0.216 e. The van der Waals surface area contributed by atoms with Gasteiger partial charge in [-0.1, -0.05) is 76.2 Å². The topological polar surface area (TPSA) is 62.8 Å². The van der Waals surface area contributed by atoms with Crippen molar-refractivity contribution in [2.24, 2.45) is 0 Å². The van der Waals surface area contributed by atoms with Crippen molar-refractivity contribution in [2.45, 2.75) is 102 Å². The second kappa shape index (κ2) is 43.2. The van der Waals surface area contributed by atoms with E-state index in [9.17, 15) is 4.79 Å². The number of carbonyl (C=O) groups excluding carboxylic acids is 1. The lowest BCUT2D eigenvalue weighted by atomic mass is 10.1. The highest BCUT2D eigenvalue weighted by molar-refractivity contribution is 5.72. The predicted octanol–water partition coefficient (Wildman–Crippen LogP) is 5.36. The second-order valence-electron chi connectivity index (χ2n) is 5.38. The monoisotopic (exact) mass is 451 g/mol. The predicted molar refractivity (Wildman–Crippen MR) is 140 cm³/mol. The van der Waals surface area contributed by atoms with E-state index in [1.54, 1.807) is 0 Å². The summed E-state index contributed by atoms with van der Waals surface area (Å²) >= 11 is 0. The third-order valence-corrected chi connectivity index (χ3v) is 3.62. The van der Waals surface area contributed by atoms with Gasteiger partial charge in [-0.2, -0.15) is 0 Å². The lowest BCUT2D eigenvalue weighted by molar-refractivity contribution is -0.119. The minimum Gasteiger partial charge on any atom is -0.378 e. The molecule has 1 fully saturated rings. The maximum absolute atomic E-state index is 10.6. The van der Waals surface area contributed by atoms with E-state index in [0.29, 0.717) is 32.4 Å². The van der Waals surface area contributed by atoms with Gasteiger partial charge in [-0.05, 0) is 32.5 Å². The fourth-order valence-electron chi connectivity index (χ4n) is 2.46. The first-order valence-electron chi connectivity index (χ1n) is 13.1. The van der Waals surface area contributed by atoms with Crippen molar-refractivity contribution >= 4 is 5.91 Å². The molecule has 6 nitrogen and oxygen atoms in total. The van der Waals surface area contributed by atoms with Gasteiger partial charge in [0, 0.05) is 26.1 Å². The van der Waals surface area contributed by atoms with Gasteiger partial charge in [-0.15, -0.1) is 0 Å². The summed E-state index contributed by atoms with van der Waals surface area (Å²) in [7, 11) is 0. The number of likely N-dealkylation sites (tertiary alicyclic amines) is 1. The van der Waals surface area contributed by atoms with Crippen molar-refractivity contribution < 1.29 is 14.3 Å². The van der Waals surface area contributed by atoms with E-state index < -0.39 is 0 Å². The molecule has 1 aliphatic rings. The number of rotatable bonds is 11. The van der Waals surface area contributed by atoms with Crippen molar-refractivity contribution in [2.75, 3.05) is 59.2 Å². The maximum Gasteiger partial charge on any atom is 0.216 e. The van der Waals surface area contributed by atoms with Crippen LogP contribution in [0.2, 0.25) is 0 Å². The van der Waals surface area contributed by atoms with Crippen molar-refractivity contribution in [3.8, 4) is 0 Å². The Bertz CT molecular complexity index is 273. The number of piperidine rings is 1. The van der Waals surface area contributed by atoms with Gasteiger partial charge in [0.25, 0.3) is 0 Å². The highest BCUT2D eigenvalue weighted by atomic mass is 16.5. The Morgan fingerprint density at radius 3 is 1.68 bits per heavy atom. The van der Waals surface area contributed by atoms with Crippen LogP contribution in [0.1, 0.15) is 95.9 Å². The molecule has 1 heterocycles. The summed E-state index contributed by atoms with van der Waals surface area (Å²) in [5.41, 5.74) is 0. The molecule has 194 valence electrons. The summed E-state index contributed by atoms with van der Waals surface area (Å²) in [6.45, 7) is 31.1. The Kier molecular flexibility index (Phi) is 56.7. The number of nitrogens with zero attached hydrogens (tertiary/aromatic N) is 1. The molecule has 0 spiro atoms. The number of nitrogens with one attached hydrogen (secondary N) is 2. The number of amides is 1. The Labute approximate surface area is 197 Å². The molecule has 0 unspecified atom stereocenters. The van der Waals surface area contributed by atoms with Crippen LogP contribution in [0.3, 0.4) is 0 Å². The van der Waals surface area contributed by atoms with Gasteiger partial charge in [0.05, 0.1) is 26.4 Å². The summed E-state index contributed by atoms with van der Waals surface area (Å²) < 4.78 is 10.9. The molecule has 0 bridgehead atoms. The number of hydrogen-bond acceptors (Lipinski definition) is 5. The highest BCUT2D eigenvalue weighted by Gasteiger charge is 2.17. The van der Waals surface area contributed by atoms with Gasteiger partial charge in [0.15, 0.2) is 0 Å². The zero-order valence-electron chi connectivity index (χ0n) is 23.5. The summed E-state index contributed by atoms with van der Waals surface area (Å²) in [5.74, 6) is -0.0206. The lowest BCUT2D eigenvalue weighted by Crippen LogP contribution is -2.43. The number of carbonyl (C=O) groups is 1. The van der Waals surface area contributed by atoms with Crippen molar-refractivity contribution in [1.82, 2.24) is 15.5 Å². The Balaban J connectivity index is -0.000000197. The van der Waals surface area contributed by atoms with E-state index >= 15 is 0 Å². The second-order valence-corrected chi connectivity index (χ2v) is 5.38. The molecule has 1 rings (SSSR count). The molecule has 1 amide bonds. The van der Waals surface area contributed by atoms with Crippen LogP contribution in [0.5, 0.6) is 0 Å². The molecule has 0 atom stereocenters. The van der Waals surface area contributed by atoms with E-state index in [4.69, 9.17) is 9.47 Å². The minimum atomic E-state index is -0.0206. The van der Waals surface area contributed by atoms with Crippen LogP contribution in [0.15, 0.2) is 0 Å². The molecular weight excluding hydrogens is 390 g/mol. The van der Waals surface area contributed by atoms with Crippen LogP contribution in [-0.2, 0) is 14.3 Å². The SMILES string of the molecule is CC.CC.CC.CC.CC.CCNC1CCN(CCOCCOCCNC(C)=O)CC1. The fourth-order valence-corrected chi connectivity index (χ4v) is 2.46. The normalized spacial score (nSPS) is 12.5. The highest BCUT2D eigenvalue weighted by Crippen LogP contribution is 2.09. The molecule has 31 heavy (non-hydrogen) atoms. The summed E-state index contributed by atoms with van der Waals surface area (Å²) in [6, 6.07) is 0.698. The first-order valence-corrected chi connectivity index (χ1v) is 13.1. The van der Waals surface area contributed by atoms with Gasteiger partial charge >= 0.3 is 0 Å². The summed E-state index contributed by atoms with van der Waals surface area (Å²) in [5, 5.41) is 6.20. The quantitative estimate of drug-likeness (QED) is 0.414. The van der Waals surface area contributed by atoms with Crippen molar-refractivity contribution in [1.29, 1.82) is 0 Å². The van der Waals surface area contributed by atoms with Gasteiger partial charge in [0.1, 0.15) is 0 Å². The number of hydrogen-bond donors (Lipinski definition) is 2. The lowest BCUT2D eigenvalue weighted by Gasteiger charge is -2.32. The van der Waals surface area contributed by atoms with E-state index in [2.05, 4.69) is 22.5 Å². The average molecular weight is 452 g/mol. The van der Waals surface area contributed by atoms with Crippen LogP contribution in [-0.4, -0.2) is 76.0 Å². The van der Waals surface area contributed by atoms with Crippen LogP contribution < -0.4 is 10.6 Å². The molecule has 0 saturated carbocycles. The Morgan fingerprint density at radius 2 is 1.26 bits per heavy atom. The van der Waals surface area contributed by atoms with Crippen LogP contribution in [0.25, 0.3) is 0 Å². The van der Waals surface area contributed by atoms with Crippen LogP contribution in [0, 0.1) is 0 Å². The minimum absolute atomic E-state index is 0.0206. The third-order valence-electron chi connectivity index (χ3n) is 3.62. The van der Waals surface area contributed by atoms with E-state index in [1.165, 1.54) is 19.8 Å². The maximum atomic E-state index is 10.6. The summed E-state index contributed by atoms with van der Waals surface area (Å²) in [4.78, 5) is 13.1. The van der Waals surface area contributed by atoms with E-state index in [-0.39, 0.29) is 5.91 Å². The molecule has 2 N–H and O–H groups in total.